The Morgan fingerprint density at radius 3 is 2.55 bits per heavy atom. The highest BCUT2D eigenvalue weighted by atomic mass is 32.1. The highest BCUT2D eigenvalue weighted by Gasteiger charge is 2.72. The van der Waals surface area contributed by atoms with Crippen molar-refractivity contribution in [2.75, 3.05) is 0 Å². The van der Waals surface area contributed by atoms with Crippen LogP contribution in [0.15, 0.2) is 12.2 Å². The van der Waals surface area contributed by atoms with E-state index >= 15 is 0 Å². The molecule has 0 saturated heterocycles. The van der Waals surface area contributed by atoms with Gasteiger partial charge in [0.1, 0.15) is 16.4 Å². The minimum atomic E-state index is -0.886. The van der Waals surface area contributed by atoms with Crippen molar-refractivity contribution in [3.63, 3.8) is 0 Å². The van der Waals surface area contributed by atoms with Crippen molar-refractivity contribution in [3.8, 4) is 0 Å². The molecule has 1 N–H and O–H groups in total. The standard InChI is InChI=1S/C18H23NO2S/c1-11-12(2)22-14(19-11)18(21)8-6-16(4)15(3)5-7-17(16,10-18)9-13(15)20/h5,7,21H,6,8-10H2,1-4H3/t15-,16-,17+,18-/m0/s1. The number of aromatic nitrogens is 1. The van der Waals surface area contributed by atoms with E-state index in [1.165, 1.54) is 4.88 Å². The Morgan fingerprint density at radius 2 is 1.95 bits per heavy atom. The summed E-state index contributed by atoms with van der Waals surface area (Å²) in [7, 11) is 0. The van der Waals surface area contributed by atoms with Crippen LogP contribution in [0.5, 0.6) is 0 Å². The maximum atomic E-state index is 12.6. The highest BCUT2D eigenvalue weighted by molar-refractivity contribution is 7.11. The molecule has 0 aromatic carbocycles. The third kappa shape index (κ3) is 1.41. The first-order chi connectivity index (χ1) is 10.2. The molecule has 3 aliphatic rings. The van der Waals surface area contributed by atoms with Gasteiger partial charge in [-0.1, -0.05) is 19.1 Å². The second-order valence-corrected chi connectivity index (χ2v) is 9.20. The summed E-state index contributed by atoms with van der Waals surface area (Å²) in [5.74, 6) is 0.341. The van der Waals surface area contributed by atoms with Crippen LogP contribution in [0, 0.1) is 30.1 Å². The molecule has 0 unspecified atom stereocenters. The van der Waals surface area contributed by atoms with Crippen LogP contribution < -0.4 is 0 Å². The van der Waals surface area contributed by atoms with Crippen molar-refractivity contribution in [3.05, 3.63) is 27.7 Å². The average molecular weight is 317 g/mol. The number of rotatable bonds is 1. The summed E-state index contributed by atoms with van der Waals surface area (Å²) in [5.41, 5.74) is -0.468. The molecule has 1 aromatic heterocycles. The fourth-order valence-corrected chi connectivity index (χ4v) is 6.11. The summed E-state index contributed by atoms with van der Waals surface area (Å²) >= 11 is 1.61. The number of allylic oxidation sites excluding steroid dienone is 2. The van der Waals surface area contributed by atoms with E-state index in [-0.39, 0.29) is 16.2 Å². The number of ketones is 1. The summed E-state index contributed by atoms with van der Waals surface area (Å²) in [4.78, 5) is 18.4. The zero-order valence-electron chi connectivity index (χ0n) is 13.7. The first-order valence-electron chi connectivity index (χ1n) is 8.07. The van der Waals surface area contributed by atoms with Gasteiger partial charge >= 0.3 is 0 Å². The van der Waals surface area contributed by atoms with Crippen molar-refractivity contribution >= 4 is 17.1 Å². The summed E-state index contributed by atoms with van der Waals surface area (Å²) in [6.07, 6.45) is 7.11. The van der Waals surface area contributed by atoms with Crippen LogP contribution in [0.4, 0.5) is 0 Å². The minimum absolute atomic E-state index is 0.0509. The molecule has 4 rings (SSSR count). The number of thiazole rings is 1. The first-order valence-corrected chi connectivity index (χ1v) is 8.88. The third-order valence-corrected chi connectivity index (χ3v) is 8.38. The van der Waals surface area contributed by atoms with Crippen LogP contribution in [0.1, 0.15) is 55.1 Å². The molecule has 4 atom stereocenters. The van der Waals surface area contributed by atoms with Crippen molar-refractivity contribution in [1.82, 2.24) is 4.98 Å². The van der Waals surface area contributed by atoms with E-state index in [0.717, 1.165) is 17.1 Å². The maximum Gasteiger partial charge on any atom is 0.143 e. The largest absolute Gasteiger partial charge is 0.383 e. The molecule has 2 saturated carbocycles. The monoisotopic (exact) mass is 317 g/mol. The third-order valence-electron chi connectivity index (χ3n) is 7.11. The van der Waals surface area contributed by atoms with Gasteiger partial charge in [-0.3, -0.25) is 4.79 Å². The van der Waals surface area contributed by atoms with Crippen molar-refractivity contribution in [2.45, 2.75) is 59.0 Å². The van der Waals surface area contributed by atoms with Gasteiger partial charge in [0.05, 0.1) is 11.1 Å². The summed E-state index contributed by atoms with van der Waals surface area (Å²) in [5, 5.41) is 12.2. The van der Waals surface area contributed by atoms with Gasteiger partial charge in [0, 0.05) is 16.7 Å². The molecule has 22 heavy (non-hydrogen) atoms. The lowest BCUT2D eigenvalue weighted by Crippen LogP contribution is -2.49. The van der Waals surface area contributed by atoms with Gasteiger partial charge in [0.15, 0.2) is 0 Å². The van der Waals surface area contributed by atoms with Crippen LogP contribution in [0.2, 0.25) is 0 Å². The van der Waals surface area contributed by atoms with Gasteiger partial charge in [-0.2, -0.15) is 0 Å². The molecule has 3 aliphatic carbocycles. The van der Waals surface area contributed by atoms with Crippen LogP contribution in [-0.2, 0) is 10.4 Å². The molecule has 0 radical (unpaired) electrons. The zero-order chi connectivity index (χ0) is 16.0. The molecule has 1 heterocycles. The Kier molecular flexibility index (Phi) is 2.59. The van der Waals surface area contributed by atoms with Gasteiger partial charge < -0.3 is 5.11 Å². The molecule has 0 spiro atoms. The second kappa shape index (κ2) is 3.90. The zero-order valence-corrected chi connectivity index (χ0v) is 14.5. The Hall–Kier alpha value is -1.00. The number of carbonyl (C=O) groups is 1. The van der Waals surface area contributed by atoms with Gasteiger partial charge in [-0.05, 0) is 45.4 Å². The predicted octanol–water partition coefficient (Wildman–Crippen LogP) is 3.67. The smallest absolute Gasteiger partial charge is 0.143 e. The first kappa shape index (κ1) is 14.6. The van der Waals surface area contributed by atoms with Crippen molar-refractivity contribution in [2.24, 2.45) is 16.2 Å². The number of aryl methyl sites for hydroxylation is 2. The van der Waals surface area contributed by atoms with E-state index in [0.29, 0.717) is 25.0 Å². The maximum absolute atomic E-state index is 12.6. The van der Waals surface area contributed by atoms with Gasteiger partial charge in [-0.25, -0.2) is 4.98 Å². The quantitative estimate of drug-likeness (QED) is 0.804. The van der Waals surface area contributed by atoms with E-state index in [9.17, 15) is 9.90 Å². The summed E-state index contributed by atoms with van der Waals surface area (Å²) < 4.78 is 0. The SMILES string of the molecule is Cc1nc([C@]2(O)CC[C@]3(C)[C@@]4(C=C[C@@]3(C)C(=O)C4)C2)sc1C. The lowest BCUT2D eigenvalue weighted by atomic mass is 9.53. The molecule has 0 aliphatic heterocycles. The number of hydrogen-bond acceptors (Lipinski definition) is 4. The molecule has 2 fully saturated rings. The molecule has 118 valence electrons. The van der Waals surface area contributed by atoms with Gasteiger partial charge in [0.25, 0.3) is 0 Å². The van der Waals surface area contributed by atoms with Crippen molar-refractivity contribution < 1.29 is 9.90 Å². The molecule has 4 heteroatoms. The molecule has 2 bridgehead atoms. The van der Waals surface area contributed by atoms with Gasteiger partial charge in [-0.15, -0.1) is 11.3 Å². The fraction of sp³-hybridized carbons (Fsp3) is 0.667. The molecule has 0 amide bonds. The van der Waals surface area contributed by atoms with Crippen LogP contribution in [-0.4, -0.2) is 15.9 Å². The summed E-state index contributed by atoms with van der Waals surface area (Å²) in [6.45, 7) is 8.38. The molecular weight excluding hydrogens is 294 g/mol. The number of nitrogens with zero attached hydrogens (tertiary/aromatic N) is 1. The van der Waals surface area contributed by atoms with Crippen molar-refractivity contribution in [1.29, 1.82) is 0 Å². The number of aliphatic hydroxyl groups is 1. The molecule has 3 nitrogen and oxygen atoms in total. The minimum Gasteiger partial charge on any atom is -0.383 e. The summed E-state index contributed by atoms with van der Waals surface area (Å²) in [6, 6.07) is 0. The normalized spacial score (nSPS) is 46.3. The Bertz CT molecular complexity index is 703. The number of Topliss-reactive ketones (excluding diaryl/α,β-unsaturated/α-hetero) is 1. The van der Waals surface area contributed by atoms with Gasteiger partial charge in [0.2, 0.25) is 0 Å². The van der Waals surface area contributed by atoms with Crippen LogP contribution in [0.3, 0.4) is 0 Å². The van der Waals surface area contributed by atoms with E-state index in [4.69, 9.17) is 0 Å². The number of carbonyl (C=O) groups excluding carboxylic acids is 1. The molecule has 1 aromatic rings. The topological polar surface area (TPSA) is 50.2 Å². The number of hydrogen-bond donors (Lipinski definition) is 1. The fourth-order valence-electron chi connectivity index (χ4n) is 5.08. The average Bonchev–Trinajstić information content (AvgIpc) is 2.95. The Labute approximate surface area is 135 Å². The lowest BCUT2D eigenvalue weighted by molar-refractivity contribution is -0.127. The van der Waals surface area contributed by atoms with E-state index < -0.39 is 5.60 Å². The highest BCUT2D eigenvalue weighted by Crippen LogP contribution is 2.74. The van der Waals surface area contributed by atoms with Crippen LogP contribution in [0.25, 0.3) is 0 Å². The second-order valence-electron chi connectivity index (χ2n) is 7.99. The Balaban J connectivity index is 1.79. The van der Waals surface area contributed by atoms with Crippen LogP contribution >= 0.6 is 11.3 Å². The molecular formula is C18H23NO2S. The van der Waals surface area contributed by atoms with E-state index in [1.54, 1.807) is 11.3 Å². The van der Waals surface area contributed by atoms with E-state index in [2.05, 4.69) is 37.9 Å². The Morgan fingerprint density at radius 1 is 1.23 bits per heavy atom. The lowest BCUT2D eigenvalue weighted by Gasteiger charge is -2.51. The van der Waals surface area contributed by atoms with E-state index in [1.807, 2.05) is 6.92 Å². The predicted molar refractivity (Wildman–Crippen MR) is 86.7 cm³/mol.